The Hall–Kier alpha value is -2.40. The number of pyridine rings is 1. The molecule has 1 aromatic heterocycles. The molecule has 5 heteroatoms. The first-order valence-corrected chi connectivity index (χ1v) is 8.22. The van der Waals surface area contributed by atoms with Crippen molar-refractivity contribution in [3.8, 4) is 0 Å². The zero-order chi connectivity index (χ0) is 17.0. The number of benzene rings is 1. The number of aliphatic hydroxyl groups excluding tert-OH is 1. The predicted octanol–water partition coefficient (Wildman–Crippen LogP) is 2.60. The van der Waals surface area contributed by atoms with Crippen molar-refractivity contribution in [2.45, 2.75) is 19.3 Å². The molecule has 3 rings (SSSR count). The molecular weight excluding hydrogens is 304 g/mol. The largest absolute Gasteiger partial charge is 0.477 e. The van der Waals surface area contributed by atoms with Gasteiger partial charge in [0, 0.05) is 25.1 Å². The molecule has 2 heterocycles. The summed E-state index contributed by atoms with van der Waals surface area (Å²) >= 11 is 0. The molecule has 2 aromatic rings. The summed E-state index contributed by atoms with van der Waals surface area (Å²) < 4.78 is 0. The first-order chi connectivity index (χ1) is 11.6. The van der Waals surface area contributed by atoms with Gasteiger partial charge in [0.2, 0.25) is 0 Å². The Bertz CT molecular complexity index is 695. The number of anilines is 1. The van der Waals surface area contributed by atoms with Gasteiger partial charge in [0.1, 0.15) is 5.82 Å². The second-order valence-corrected chi connectivity index (χ2v) is 6.49. The fourth-order valence-corrected chi connectivity index (χ4v) is 3.35. The van der Waals surface area contributed by atoms with Gasteiger partial charge in [0.25, 0.3) is 0 Å². The number of aromatic nitrogens is 1. The van der Waals surface area contributed by atoms with Crippen LogP contribution in [0.1, 0.15) is 28.9 Å². The number of carboxylic acid groups (broad SMARTS) is 1. The topological polar surface area (TPSA) is 73.7 Å². The van der Waals surface area contributed by atoms with Crippen molar-refractivity contribution < 1.29 is 15.0 Å². The monoisotopic (exact) mass is 326 g/mol. The van der Waals surface area contributed by atoms with Gasteiger partial charge >= 0.3 is 5.97 Å². The highest BCUT2D eigenvalue weighted by molar-refractivity contribution is 5.85. The lowest BCUT2D eigenvalue weighted by Gasteiger charge is -2.41. The Morgan fingerprint density at radius 2 is 1.79 bits per heavy atom. The fraction of sp³-hybridized carbons (Fsp3) is 0.368. The minimum atomic E-state index is -1.01. The SMILES string of the molecule is O=C(O)c1cccc(N2CCC(CO)(Cc3ccccc3)CC2)n1. The molecule has 0 spiro atoms. The standard InChI is InChI=1S/C19H22N2O3/c22-14-19(13-15-5-2-1-3-6-15)9-11-21(12-10-19)17-8-4-7-16(20-17)18(23)24/h1-8,22H,9-14H2,(H,23,24). The summed E-state index contributed by atoms with van der Waals surface area (Å²) in [5, 5.41) is 19.0. The van der Waals surface area contributed by atoms with Gasteiger partial charge in [-0.15, -0.1) is 0 Å². The van der Waals surface area contributed by atoms with Crippen molar-refractivity contribution in [2.75, 3.05) is 24.6 Å². The van der Waals surface area contributed by atoms with E-state index in [9.17, 15) is 9.90 Å². The molecule has 0 unspecified atom stereocenters. The number of hydrogen-bond acceptors (Lipinski definition) is 4. The summed E-state index contributed by atoms with van der Waals surface area (Å²) in [6.45, 7) is 1.70. The molecule has 24 heavy (non-hydrogen) atoms. The first kappa shape index (κ1) is 16.5. The molecule has 0 aliphatic carbocycles. The van der Waals surface area contributed by atoms with E-state index in [4.69, 9.17) is 5.11 Å². The van der Waals surface area contributed by atoms with Crippen LogP contribution in [-0.4, -0.2) is 40.9 Å². The van der Waals surface area contributed by atoms with Crippen molar-refractivity contribution in [3.05, 3.63) is 59.8 Å². The Morgan fingerprint density at radius 3 is 2.42 bits per heavy atom. The van der Waals surface area contributed by atoms with Crippen LogP contribution in [0.2, 0.25) is 0 Å². The molecule has 0 radical (unpaired) electrons. The highest BCUT2D eigenvalue weighted by Gasteiger charge is 2.34. The maximum absolute atomic E-state index is 11.1. The molecule has 1 saturated heterocycles. The lowest BCUT2D eigenvalue weighted by molar-refractivity contribution is 0.0690. The molecule has 0 saturated carbocycles. The summed E-state index contributed by atoms with van der Waals surface area (Å²) in [4.78, 5) is 17.4. The fourth-order valence-electron chi connectivity index (χ4n) is 3.35. The Balaban J connectivity index is 1.70. The van der Waals surface area contributed by atoms with E-state index in [1.54, 1.807) is 6.07 Å². The highest BCUT2D eigenvalue weighted by atomic mass is 16.4. The van der Waals surface area contributed by atoms with Crippen molar-refractivity contribution in [1.82, 2.24) is 4.98 Å². The van der Waals surface area contributed by atoms with Crippen LogP contribution in [0.5, 0.6) is 0 Å². The van der Waals surface area contributed by atoms with E-state index in [0.29, 0.717) is 5.82 Å². The predicted molar refractivity (Wildman–Crippen MR) is 92.3 cm³/mol. The summed E-state index contributed by atoms with van der Waals surface area (Å²) in [6.07, 6.45) is 2.58. The number of carbonyl (C=O) groups is 1. The minimum Gasteiger partial charge on any atom is -0.477 e. The first-order valence-electron chi connectivity index (χ1n) is 8.22. The zero-order valence-corrected chi connectivity index (χ0v) is 13.6. The normalized spacial score (nSPS) is 16.8. The molecule has 1 aliphatic heterocycles. The lowest BCUT2D eigenvalue weighted by atomic mass is 9.74. The van der Waals surface area contributed by atoms with Crippen LogP contribution in [0.25, 0.3) is 0 Å². The molecule has 1 fully saturated rings. The lowest BCUT2D eigenvalue weighted by Crippen LogP contribution is -2.43. The number of piperidine rings is 1. The zero-order valence-electron chi connectivity index (χ0n) is 13.6. The third-order valence-electron chi connectivity index (χ3n) is 4.86. The molecule has 0 amide bonds. The van der Waals surface area contributed by atoms with E-state index in [-0.39, 0.29) is 17.7 Å². The molecule has 1 aliphatic rings. The highest BCUT2D eigenvalue weighted by Crippen LogP contribution is 2.35. The molecule has 1 aromatic carbocycles. The second-order valence-electron chi connectivity index (χ2n) is 6.49. The van der Waals surface area contributed by atoms with Crippen molar-refractivity contribution >= 4 is 11.8 Å². The van der Waals surface area contributed by atoms with Gasteiger partial charge < -0.3 is 15.1 Å². The van der Waals surface area contributed by atoms with Crippen LogP contribution in [0.15, 0.2) is 48.5 Å². The number of aromatic carboxylic acids is 1. The maximum Gasteiger partial charge on any atom is 0.354 e. The van der Waals surface area contributed by atoms with Crippen molar-refractivity contribution in [2.24, 2.45) is 5.41 Å². The van der Waals surface area contributed by atoms with Crippen molar-refractivity contribution in [1.29, 1.82) is 0 Å². The smallest absolute Gasteiger partial charge is 0.354 e. The number of rotatable bonds is 5. The maximum atomic E-state index is 11.1. The number of hydrogen-bond donors (Lipinski definition) is 2. The van der Waals surface area contributed by atoms with Crippen LogP contribution >= 0.6 is 0 Å². The van der Waals surface area contributed by atoms with Crippen molar-refractivity contribution in [3.63, 3.8) is 0 Å². The van der Waals surface area contributed by atoms with Crippen LogP contribution < -0.4 is 4.90 Å². The Kier molecular flexibility index (Phi) is 4.81. The van der Waals surface area contributed by atoms with E-state index in [1.807, 2.05) is 24.3 Å². The van der Waals surface area contributed by atoms with E-state index in [2.05, 4.69) is 22.0 Å². The van der Waals surface area contributed by atoms with E-state index in [0.717, 1.165) is 32.4 Å². The van der Waals surface area contributed by atoms with Crippen LogP contribution in [0.4, 0.5) is 5.82 Å². The van der Waals surface area contributed by atoms with Crippen LogP contribution in [0.3, 0.4) is 0 Å². The van der Waals surface area contributed by atoms with E-state index in [1.165, 1.54) is 11.6 Å². The number of aliphatic hydroxyl groups is 1. The summed E-state index contributed by atoms with van der Waals surface area (Å²) in [6, 6.07) is 15.3. The second kappa shape index (κ2) is 7.01. The van der Waals surface area contributed by atoms with Crippen LogP contribution in [-0.2, 0) is 6.42 Å². The van der Waals surface area contributed by atoms with Gasteiger partial charge in [0.15, 0.2) is 5.69 Å². The molecular formula is C19H22N2O3. The summed E-state index contributed by atoms with van der Waals surface area (Å²) in [5.74, 6) is -0.316. The molecule has 126 valence electrons. The van der Waals surface area contributed by atoms with Gasteiger partial charge in [-0.2, -0.15) is 0 Å². The minimum absolute atomic E-state index is 0.0655. The van der Waals surface area contributed by atoms with Gasteiger partial charge in [-0.25, -0.2) is 9.78 Å². The quantitative estimate of drug-likeness (QED) is 0.883. The molecule has 2 N–H and O–H groups in total. The molecule has 0 atom stereocenters. The summed E-state index contributed by atoms with van der Waals surface area (Å²) in [5.41, 5.74) is 1.20. The molecule has 5 nitrogen and oxygen atoms in total. The Labute approximate surface area is 141 Å². The Morgan fingerprint density at radius 1 is 1.08 bits per heavy atom. The average Bonchev–Trinajstić information content (AvgIpc) is 2.63. The number of carboxylic acids is 1. The third kappa shape index (κ3) is 3.57. The van der Waals surface area contributed by atoms with E-state index < -0.39 is 5.97 Å². The van der Waals surface area contributed by atoms with Gasteiger partial charge in [-0.3, -0.25) is 0 Å². The van der Waals surface area contributed by atoms with Crippen LogP contribution in [0, 0.1) is 5.41 Å². The molecule has 0 bridgehead atoms. The van der Waals surface area contributed by atoms with Gasteiger partial charge in [-0.05, 0) is 37.0 Å². The van der Waals surface area contributed by atoms with Gasteiger partial charge in [0.05, 0.1) is 0 Å². The summed E-state index contributed by atoms with van der Waals surface area (Å²) in [7, 11) is 0. The number of nitrogens with zero attached hydrogens (tertiary/aromatic N) is 2. The van der Waals surface area contributed by atoms with E-state index >= 15 is 0 Å². The third-order valence-corrected chi connectivity index (χ3v) is 4.86. The van der Waals surface area contributed by atoms with Gasteiger partial charge in [-0.1, -0.05) is 36.4 Å². The average molecular weight is 326 g/mol.